The first kappa shape index (κ1) is 21.5. The first-order valence-corrected chi connectivity index (χ1v) is 11.5. The van der Waals surface area contributed by atoms with Gasteiger partial charge in [-0.3, -0.25) is 0 Å². The van der Waals surface area contributed by atoms with Crippen LogP contribution in [0.15, 0.2) is 60.7 Å². The van der Waals surface area contributed by atoms with Gasteiger partial charge in [-0.1, -0.05) is 18.2 Å². The summed E-state index contributed by atoms with van der Waals surface area (Å²) < 4.78 is 0. The van der Waals surface area contributed by atoms with Crippen LogP contribution in [-0.4, -0.2) is 37.4 Å². The van der Waals surface area contributed by atoms with Gasteiger partial charge >= 0.3 is 0 Å². The Balaban J connectivity index is 1.38. The molecular weight excluding hydrogens is 410 g/mol. The molecular formula is C27H31N5O. The molecule has 170 valence electrons. The van der Waals surface area contributed by atoms with Gasteiger partial charge in [-0.05, 0) is 88.6 Å². The van der Waals surface area contributed by atoms with E-state index in [1.165, 1.54) is 0 Å². The zero-order valence-corrected chi connectivity index (χ0v) is 19.6. The molecule has 0 atom stereocenters. The highest BCUT2D eigenvalue weighted by molar-refractivity contribution is 5.87. The first-order chi connectivity index (χ1) is 15.7. The van der Waals surface area contributed by atoms with Gasteiger partial charge in [-0.15, -0.1) is 10.2 Å². The molecule has 2 aromatic heterocycles. The predicted molar refractivity (Wildman–Crippen MR) is 134 cm³/mol. The summed E-state index contributed by atoms with van der Waals surface area (Å²) in [5.41, 5.74) is 4.49. The Labute approximate surface area is 194 Å². The highest BCUT2D eigenvalue weighted by atomic mass is 16.3. The fraction of sp³-hybridized carbons (Fsp3) is 0.333. The number of phenols is 1. The smallest absolute Gasteiger partial charge is 0.148 e. The third-order valence-corrected chi connectivity index (χ3v) is 6.32. The van der Waals surface area contributed by atoms with Crippen LogP contribution in [0.5, 0.6) is 5.75 Å². The van der Waals surface area contributed by atoms with Crippen LogP contribution in [0, 0.1) is 0 Å². The molecule has 0 amide bonds. The third-order valence-electron chi connectivity index (χ3n) is 6.32. The molecule has 6 nitrogen and oxygen atoms in total. The van der Waals surface area contributed by atoms with Crippen molar-refractivity contribution >= 4 is 16.7 Å². The summed E-state index contributed by atoms with van der Waals surface area (Å²) in [7, 11) is 0. The Bertz CT molecular complexity index is 1240. The maximum Gasteiger partial charge on any atom is 0.148 e. The van der Waals surface area contributed by atoms with Crippen molar-refractivity contribution < 1.29 is 5.11 Å². The molecule has 5 rings (SSSR count). The van der Waals surface area contributed by atoms with Gasteiger partial charge < -0.3 is 20.7 Å². The Kier molecular flexibility index (Phi) is 5.13. The van der Waals surface area contributed by atoms with Crippen molar-refractivity contribution in [3.05, 3.63) is 60.7 Å². The number of benzene rings is 2. The van der Waals surface area contributed by atoms with Crippen molar-refractivity contribution in [2.75, 3.05) is 5.32 Å². The minimum absolute atomic E-state index is 0.0572. The van der Waals surface area contributed by atoms with Gasteiger partial charge in [0.2, 0.25) is 0 Å². The number of hydrogen-bond acceptors (Lipinski definition) is 5. The average Bonchev–Trinajstić information content (AvgIpc) is 3.17. The van der Waals surface area contributed by atoms with Crippen LogP contribution in [-0.2, 0) is 0 Å². The topological polar surface area (TPSA) is 85.9 Å². The van der Waals surface area contributed by atoms with E-state index in [2.05, 4.69) is 71.7 Å². The lowest BCUT2D eigenvalue weighted by atomic mass is 9.79. The van der Waals surface area contributed by atoms with Crippen molar-refractivity contribution in [3.63, 3.8) is 0 Å². The van der Waals surface area contributed by atoms with Gasteiger partial charge in [-0.2, -0.15) is 0 Å². The molecule has 0 aliphatic carbocycles. The second-order valence-electron chi connectivity index (χ2n) is 10.4. The number of phenolic OH excluding ortho intramolecular Hbond substituents is 1. The van der Waals surface area contributed by atoms with E-state index in [-0.39, 0.29) is 16.8 Å². The second-order valence-corrected chi connectivity index (χ2v) is 10.4. The monoisotopic (exact) mass is 441 g/mol. The molecule has 1 saturated heterocycles. The van der Waals surface area contributed by atoms with Crippen molar-refractivity contribution in [2.45, 2.75) is 57.7 Å². The lowest BCUT2D eigenvalue weighted by Crippen LogP contribution is -2.60. The lowest BCUT2D eigenvalue weighted by molar-refractivity contribution is 0.170. The van der Waals surface area contributed by atoms with Crippen LogP contribution in [0.1, 0.15) is 40.5 Å². The molecule has 33 heavy (non-hydrogen) atoms. The van der Waals surface area contributed by atoms with Gasteiger partial charge in [-0.25, -0.2) is 0 Å². The number of H-pyrrole nitrogens is 1. The summed E-state index contributed by atoms with van der Waals surface area (Å²) in [6, 6.07) is 20.0. The van der Waals surface area contributed by atoms with Crippen LogP contribution in [0.4, 0.5) is 5.82 Å². The van der Waals surface area contributed by atoms with Crippen LogP contribution in [0.2, 0.25) is 0 Å². The Morgan fingerprint density at radius 1 is 0.909 bits per heavy atom. The zero-order chi connectivity index (χ0) is 23.2. The molecule has 0 spiro atoms. The fourth-order valence-corrected chi connectivity index (χ4v) is 5.32. The van der Waals surface area contributed by atoms with Gasteiger partial charge in [0.05, 0.1) is 5.69 Å². The normalized spacial score (nSPS) is 17.8. The molecule has 0 saturated carbocycles. The largest absolute Gasteiger partial charge is 0.507 e. The number of para-hydroxylation sites is 1. The third kappa shape index (κ3) is 4.57. The number of aromatic nitrogens is 3. The van der Waals surface area contributed by atoms with E-state index in [0.29, 0.717) is 17.3 Å². The molecule has 3 heterocycles. The van der Waals surface area contributed by atoms with Crippen LogP contribution >= 0.6 is 0 Å². The maximum atomic E-state index is 10.5. The van der Waals surface area contributed by atoms with Crippen LogP contribution in [0.25, 0.3) is 33.4 Å². The summed E-state index contributed by atoms with van der Waals surface area (Å²) in [5.74, 6) is 0.940. The second kappa shape index (κ2) is 7.89. The van der Waals surface area contributed by atoms with Gasteiger partial charge in [0, 0.05) is 39.3 Å². The minimum atomic E-state index is 0.0572. The maximum absolute atomic E-state index is 10.5. The standard InChI is InChI=1S/C27H31N5O/c1-26(2)15-19(16-27(3,4)32-26)28-25-12-10-22(30-31-25)20-13-18(9-11-24(20)33)23-14-17-7-5-6-8-21(17)29-23/h5-14,19,29,32-33H,15-16H2,1-4H3,(H,28,31). The number of piperidine rings is 1. The molecule has 0 unspecified atom stereocenters. The number of rotatable bonds is 4. The van der Waals surface area contributed by atoms with Gasteiger partial charge in [0.15, 0.2) is 0 Å². The number of aromatic amines is 1. The van der Waals surface area contributed by atoms with Crippen molar-refractivity contribution in [1.82, 2.24) is 20.5 Å². The highest BCUT2D eigenvalue weighted by Crippen LogP contribution is 2.34. The Morgan fingerprint density at radius 3 is 2.36 bits per heavy atom. The zero-order valence-electron chi connectivity index (χ0n) is 19.6. The van der Waals surface area contributed by atoms with E-state index in [4.69, 9.17) is 0 Å². The molecule has 1 aliphatic rings. The summed E-state index contributed by atoms with van der Waals surface area (Å²) in [6.45, 7) is 8.95. The fourth-order valence-electron chi connectivity index (χ4n) is 5.32. The van der Waals surface area contributed by atoms with Crippen molar-refractivity contribution in [1.29, 1.82) is 0 Å². The van der Waals surface area contributed by atoms with Gasteiger partial charge in [0.1, 0.15) is 11.6 Å². The van der Waals surface area contributed by atoms with Gasteiger partial charge in [0.25, 0.3) is 0 Å². The summed E-state index contributed by atoms with van der Waals surface area (Å²) in [4.78, 5) is 3.44. The van der Waals surface area contributed by atoms with E-state index in [0.717, 1.165) is 40.8 Å². The van der Waals surface area contributed by atoms with E-state index >= 15 is 0 Å². The summed E-state index contributed by atoms with van der Waals surface area (Å²) >= 11 is 0. The Morgan fingerprint density at radius 2 is 1.67 bits per heavy atom. The average molecular weight is 442 g/mol. The number of aromatic hydroxyl groups is 1. The summed E-state index contributed by atoms with van der Waals surface area (Å²) in [6.07, 6.45) is 2.01. The molecule has 1 fully saturated rings. The number of hydrogen-bond donors (Lipinski definition) is 4. The molecule has 0 bridgehead atoms. The van der Waals surface area contributed by atoms with Crippen LogP contribution < -0.4 is 10.6 Å². The molecule has 1 aliphatic heterocycles. The van der Waals surface area contributed by atoms with Crippen molar-refractivity contribution in [2.24, 2.45) is 0 Å². The van der Waals surface area contributed by atoms with Crippen molar-refractivity contribution in [3.8, 4) is 28.3 Å². The van der Waals surface area contributed by atoms with E-state index in [1.807, 2.05) is 36.4 Å². The SMILES string of the molecule is CC1(C)CC(Nc2ccc(-c3cc(-c4cc5ccccc5[nH]4)ccc3O)nn2)CC(C)(C)N1. The summed E-state index contributed by atoms with van der Waals surface area (Å²) in [5, 5.41) is 27.8. The molecule has 0 radical (unpaired) electrons. The highest BCUT2D eigenvalue weighted by Gasteiger charge is 2.37. The van der Waals surface area contributed by atoms with E-state index in [9.17, 15) is 5.11 Å². The molecule has 2 aromatic carbocycles. The van der Waals surface area contributed by atoms with E-state index < -0.39 is 0 Å². The number of anilines is 1. The number of nitrogens with zero attached hydrogens (tertiary/aromatic N) is 2. The molecule has 6 heteroatoms. The Hall–Kier alpha value is -3.38. The van der Waals surface area contributed by atoms with Crippen LogP contribution in [0.3, 0.4) is 0 Å². The minimum Gasteiger partial charge on any atom is -0.507 e. The first-order valence-electron chi connectivity index (χ1n) is 11.5. The lowest BCUT2D eigenvalue weighted by Gasteiger charge is -2.46. The molecule has 4 aromatic rings. The van der Waals surface area contributed by atoms with E-state index in [1.54, 1.807) is 6.07 Å². The molecule has 4 N–H and O–H groups in total. The quantitative estimate of drug-likeness (QED) is 0.325. The predicted octanol–water partition coefficient (Wildman–Crippen LogP) is 5.72. The number of nitrogens with one attached hydrogen (secondary N) is 3. The number of fused-ring (bicyclic) bond motifs is 1.